The normalized spacial score (nSPS) is 17.4. The first-order valence-corrected chi connectivity index (χ1v) is 7.84. The molecule has 1 aliphatic heterocycles. The molecule has 6 nitrogen and oxygen atoms in total. The summed E-state index contributed by atoms with van der Waals surface area (Å²) in [6.07, 6.45) is 1.59. The smallest absolute Gasteiger partial charge is 0.255 e. The van der Waals surface area contributed by atoms with Crippen LogP contribution in [0.5, 0.6) is 0 Å². The molecule has 1 aromatic carbocycles. The van der Waals surface area contributed by atoms with Gasteiger partial charge in [-0.05, 0) is 12.1 Å². The zero-order valence-electron chi connectivity index (χ0n) is 10.8. The van der Waals surface area contributed by atoms with Crippen LogP contribution in [0.1, 0.15) is 0 Å². The Labute approximate surface area is 117 Å². The van der Waals surface area contributed by atoms with Gasteiger partial charge < -0.3 is 4.74 Å². The monoisotopic (exact) mass is 293 g/mol. The zero-order chi connectivity index (χ0) is 14.0. The number of hydrogen-bond donors (Lipinski definition) is 1. The van der Waals surface area contributed by atoms with Crippen LogP contribution in [0.4, 0.5) is 0 Å². The van der Waals surface area contributed by atoms with Crippen molar-refractivity contribution < 1.29 is 13.2 Å². The minimum absolute atomic E-state index is 0.196. The molecule has 7 heteroatoms. The summed E-state index contributed by atoms with van der Waals surface area (Å²) in [6.45, 7) is 2.13. The van der Waals surface area contributed by atoms with Crippen molar-refractivity contribution in [3.05, 3.63) is 36.5 Å². The van der Waals surface area contributed by atoms with Crippen molar-refractivity contribution in [2.24, 2.45) is 0 Å². The zero-order valence-corrected chi connectivity index (χ0v) is 11.6. The number of nitrogens with one attached hydrogen (secondary N) is 1. The van der Waals surface area contributed by atoms with Crippen molar-refractivity contribution in [1.29, 1.82) is 0 Å². The van der Waals surface area contributed by atoms with Gasteiger partial charge in [-0.3, -0.25) is 4.98 Å². The lowest BCUT2D eigenvalue weighted by molar-refractivity contribution is 0.0272. The van der Waals surface area contributed by atoms with E-state index in [1.165, 1.54) is 0 Å². The minimum Gasteiger partial charge on any atom is -0.379 e. The number of fused-ring (bicyclic) bond motifs is 1. The number of nitrogens with zero attached hydrogens (tertiary/aromatic N) is 2. The predicted molar refractivity (Wildman–Crippen MR) is 74.5 cm³/mol. The molecule has 0 saturated carbocycles. The van der Waals surface area contributed by atoms with Crippen LogP contribution >= 0.6 is 0 Å². The van der Waals surface area contributed by atoms with E-state index < -0.39 is 10.0 Å². The van der Waals surface area contributed by atoms with Crippen molar-refractivity contribution in [2.75, 3.05) is 26.3 Å². The first-order valence-electron chi connectivity index (χ1n) is 6.36. The lowest BCUT2D eigenvalue weighted by Crippen LogP contribution is -2.48. The standard InChI is InChI=1S/C13H15N3O3S/c17-20(18,15-16-7-9-19-10-8-16)12-5-1-3-11-4-2-6-14-13(11)12/h1-6,15H,7-10H2. The Kier molecular flexibility index (Phi) is 3.66. The molecule has 0 bridgehead atoms. The Morgan fingerprint density at radius 2 is 1.90 bits per heavy atom. The second-order valence-corrected chi connectivity index (χ2v) is 6.15. The Hall–Kier alpha value is -1.54. The van der Waals surface area contributed by atoms with E-state index in [1.54, 1.807) is 29.4 Å². The second-order valence-electron chi connectivity index (χ2n) is 4.53. The molecule has 20 heavy (non-hydrogen) atoms. The molecular weight excluding hydrogens is 278 g/mol. The predicted octanol–water partition coefficient (Wildman–Crippen LogP) is 0.760. The number of pyridine rings is 1. The van der Waals surface area contributed by atoms with E-state index in [0.29, 0.717) is 31.8 Å². The first kappa shape index (κ1) is 13.4. The molecule has 3 rings (SSSR count). The van der Waals surface area contributed by atoms with Gasteiger partial charge in [0.1, 0.15) is 4.90 Å². The van der Waals surface area contributed by atoms with Crippen molar-refractivity contribution in [2.45, 2.75) is 4.90 Å². The summed E-state index contributed by atoms with van der Waals surface area (Å²) in [7, 11) is -3.63. The number of sulfonamides is 1. The topological polar surface area (TPSA) is 71.5 Å². The number of para-hydroxylation sites is 1. The van der Waals surface area contributed by atoms with Crippen LogP contribution in [-0.2, 0) is 14.8 Å². The SMILES string of the molecule is O=S(=O)(NN1CCOCC1)c1cccc2cccnc12. The molecule has 1 aliphatic rings. The number of benzene rings is 1. The third-order valence-electron chi connectivity index (χ3n) is 3.15. The first-order chi connectivity index (χ1) is 9.67. The van der Waals surface area contributed by atoms with E-state index in [4.69, 9.17) is 4.74 Å². The van der Waals surface area contributed by atoms with E-state index >= 15 is 0 Å². The van der Waals surface area contributed by atoms with Crippen LogP contribution in [0, 0.1) is 0 Å². The average molecular weight is 293 g/mol. The van der Waals surface area contributed by atoms with Gasteiger partial charge >= 0.3 is 0 Å². The Bertz CT molecular complexity index is 706. The van der Waals surface area contributed by atoms with Gasteiger partial charge in [-0.25, -0.2) is 13.4 Å². The molecule has 1 saturated heterocycles. The van der Waals surface area contributed by atoms with E-state index in [1.807, 2.05) is 12.1 Å². The Morgan fingerprint density at radius 3 is 2.70 bits per heavy atom. The number of rotatable bonds is 3. The number of ether oxygens (including phenoxy) is 1. The summed E-state index contributed by atoms with van der Waals surface area (Å²) in [5.41, 5.74) is 0.482. The molecule has 1 fully saturated rings. The molecule has 0 atom stereocenters. The Morgan fingerprint density at radius 1 is 1.15 bits per heavy atom. The molecule has 2 heterocycles. The molecule has 0 unspecified atom stereocenters. The molecule has 1 N–H and O–H groups in total. The lowest BCUT2D eigenvalue weighted by atomic mass is 10.2. The summed E-state index contributed by atoms with van der Waals surface area (Å²) in [4.78, 5) is 6.96. The van der Waals surface area contributed by atoms with Gasteiger partial charge in [0.2, 0.25) is 0 Å². The number of hydrogen-bond acceptors (Lipinski definition) is 5. The molecule has 0 spiro atoms. The summed E-state index contributed by atoms with van der Waals surface area (Å²) in [6, 6.07) is 8.76. The third-order valence-corrected chi connectivity index (χ3v) is 4.55. The highest BCUT2D eigenvalue weighted by molar-refractivity contribution is 7.89. The van der Waals surface area contributed by atoms with Crippen LogP contribution in [0.15, 0.2) is 41.4 Å². The molecule has 2 aromatic rings. The number of morpholine rings is 1. The summed E-state index contributed by atoms with van der Waals surface area (Å²) in [5.74, 6) is 0. The van der Waals surface area contributed by atoms with Gasteiger partial charge in [-0.1, -0.05) is 18.2 Å². The van der Waals surface area contributed by atoms with E-state index in [2.05, 4.69) is 9.82 Å². The average Bonchev–Trinajstić information content (AvgIpc) is 2.47. The van der Waals surface area contributed by atoms with E-state index in [9.17, 15) is 8.42 Å². The second kappa shape index (κ2) is 5.45. The minimum atomic E-state index is -3.63. The maximum atomic E-state index is 12.5. The molecule has 0 aliphatic carbocycles. The van der Waals surface area contributed by atoms with Crippen molar-refractivity contribution in [3.63, 3.8) is 0 Å². The molecule has 0 radical (unpaired) electrons. The largest absolute Gasteiger partial charge is 0.379 e. The fraction of sp³-hybridized carbons (Fsp3) is 0.308. The quantitative estimate of drug-likeness (QED) is 0.904. The van der Waals surface area contributed by atoms with E-state index in [0.717, 1.165) is 5.39 Å². The molecule has 0 amide bonds. The fourth-order valence-corrected chi connectivity index (χ4v) is 3.47. The van der Waals surface area contributed by atoms with Crippen LogP contribution in [0.25, 0.3) is 10.9 Å². The molecular formula is C13H15N3O3S. The maximum Gasteiger partial charge on any atom is 0.255 e. The highest BCUT2D eigenvalue weighted by atomic mass is 32.2. The maximum absolute atomic E-state index is 12.5. The van der Waals surface area contributed by atoms with Gasteiger partial charge in [0, 0.05) is 24.7 Å². The van der Waals surface area contributed by atoms with Crippen LogP contribution < -0.4 is 4.83 Å². The van der Waals surface area contributed by atoms with Crippen molar-refractivity contribution in [1.82, 2.24) is 14.8 Å². The van der Waals surface area contributed by atoms with Crippen LogP contribution in [0.2, 0.25) is 0 Å². The molecule has 1 aromatic heterocycles. The van der Waals surface area contributed by atoms with E-state index in [-0.39, 0.29) is 4.90 Å². The summed E-state index contributed by atoms with van der Waals surface area (Å²) >= 11 is 0. The highest BCUT2D eigenvalue weighted by Gasteiger charge is 2.22. The third kappa shape index (κ3) is 2.66. The fourth-order valence-electron chi connectivity index (χ4n) is 2.17. The highest BCUT2D eigenvalue weighted by Crippen LogP contribution is 2.20. The van der Waals surface area contributed by atoms with Crippen molar-refractivity contribution >= 4 is 20.9 Å². The summed E-state index contributed by atoms with van der Waals surface area (Å²) < 4.78 is 30.2. The van der Waals surface area contributed by atoms with Crippen molar-refractivity contribution in [3.8, 4) is 0 Å². The van der Waals surface area contributed by atoms with Gasteiger partial charge in [0.15, 0.2) is 0 Å². The van der Waals surface area contributed by atoms with Crippen LogP contribution in [-0.4, -0.2) is 44.7 Å². The van der Waals surface area contributed by atoms with Crippen LogP contribution in [0.3, 0.4) is 0 Å². The summed E-state index contributed by atoms with van der Waals surface area (Å²) in [5, 5.41) is 2.46. The number of aromatic nitrogens is 1. The van der Waals surface area contributed by atoms with Gasteiger partial charge in [-0.2, -0.15) is 0 Å². The molecule has 106 valence electrons. The Balaban J connectivity index is 1.96. The van der Waals surface area contributed by atoms with Gasteiger partial charge in [-0.15, -0.1) is 4.83 Å². The van der Waals surface area contributed by atoms with Gasteiger partial charge in [0.25, 0.3) is 10.0 Å². The van der Waals surface area contributed by atoms with Gasteiger partial charge in [0.05, 0.1) is 18.7 Å². The lowest BCUT2D eigenvalue weighted by Gasteiger charge is -2.26. The number of hydrazine groups is 1.